The standard InChI is InChI=1S/C13H25N3/c1-7-8-11-9-12(16(6)15-11)14-10(2)13(3,4)5/h9-10,14H,7-8H2,1-6H3. The van der Waals surface area contributed by atoms with Gasteiger partial charge in [0.2, 0.25) is 0 Å². The Hall–Kier alpha value is -0.990. The minimum absolute atomic E-state index is 0.259. The first-order valence-corrected chi connectivity index (χ1v) is 6.14. The molecule has 0 bridgehead atoms. The maximum atomic E-state index is 4.49. The minimum Gasteiger partial charge on any atom is -0.367 e. The van der Waals surface area contributed by atoms with Crippen molar-refractivity contribution >= 4 is 5.82 Å². The Morgan fingerprint density at radius 2 is 2.06 bits per heavy atom. The summed E-state index contributed by atoms with van der Waals surface area (Å²) in [5, 5.41) is 8.02. The molecule has 0 aliphatic heterocycles. The molecule has 1 rings (SSSR count). The number of rotatable bonds is 4. The monoisotopic (exact) mass is 223 g/mol. The molecule has 0 radical (unpaired) electrons. The van der Waals surface area contributed by atoms with Gasteiger partial charge in [0.1, 0.15) is 5.82 Å². The zero-order valence-corrected chi connectivity index (χ0v) is 11.5. The largest absolute Gasteiger partial charge is 0.367 e. The third-order valence-electron chi connectivity index (χ3n) is 3.10. The van der Waals surface area contributed by atoms with Crippen LogP contribution in [-0.4, -0.2) is 15.8 Å². The third-order valence-corrected chi connectivity index (χ3v) is 3.10. The second-order valence-electron chi connectivity index (χ2n) is 5.63. The van der Waals surface area contributed by atoms with E-state index in [1.165, 1.54) is 5.69 Å². The molecular formula is C13H25N3. The average Bonchev–Trinajstić information content (AvgIpc) is 2.46. The SMILES string of the molecule is CCCc1cc(NC(C)C(C)(C)C)n(C)n1. The number of nitrogens with zero attached hydrogens (tertiary/aromatic N) is 2. The summed E-state index contributed by atoms with van der Waals surface area (Å²) >= 11 is 0. The normalized spacial score (nSPS) is 13.9. The van der Waals surface area contributed by atoms with E-state index in [1.807, 2.05) is 11.7 Å². The number of hydrogen-bond donors (Lipinski definition) is 1. The summed E-state index contributed by atoms with van der Waals surface area (Å²) in [6, 6.07) is 2.59. The Kier molecular flexibility index (Phi) is 4.00. The summed E-state index contributed by atoms with van der Waals surface area (Å²) in [6.45, 7) is 11.1. The second kappa shape index (κ2) is 4.89. The van der Waals surface area contributed by atoms with E-state index in [4.69, 9.17) is 0 Å². The van der Waals surface area contributed by atoms with E-state index < -0.39 is 0 Å². The maximum absolute atomic E-state index is 4.49. The van der Waals surface area contributed by atoms with Gasteiger partial charge in [0, 0.05) is 19.2 Å². The van der Waals surface area contributed by atoms with Gasteiger partial charge in [-0.1, -0.05) is 34.1 Å². The van der Waals surface area contributed by atoms with Gasteiger partial charge in [0.15, 0.2) is 0 Å². The fraction of sp³-hybridized carbons (Fsp3) is 0.769. The first kappa shape index (κ1) is 13.1. The zero-order valence-electron chi connectivity index (χ0n) is 11.5. The highest BCUT2D eigenvalue weighted by Crippen LogP contribution is 2.23. The zero-order chi connectivity index (χ0) is 12.3. The van der Waals surface area contributed by atoms with Gasteiger partial charge in [-0.15, -0.1) is 0 Å². The second-order valence-corrected chi connectivity index (χ2v) is 5.63. The van der Waals surface area contributed by atoms with E-state index in [0.29, 0.717) is 6.04 Å². The lowest BCUT2D eigenvalue weighted by atomic mass is 9.88. The van der Waals surface area contributed by atoms with Gasteiger partial charge in [-0.2, -0.15) is 5.10 Å². The highest BCUT2D eigenvalue weighted by Gasteiger charge is 2.20. The van der Waals surface area contributed by atoms with Crippen LogP contribution < -0.4 is 5.32 Å². The molecule has 0 amide bonds. The van der Waals surface area contributed by atoms with E-state index in [0.717, 1.165) is 18.7 Å². The molecule has 16 heavy (non-hydrogen) atoms. The van der Waals surface area contributed by atoms with Crippen LogP contribution in [0.4, 0.5) is 5.82 Å². The van der Waals surface area contributed by atoms with Gasteiger partial charge in [0.05, 0.1) is 5.69 Å². The topological polar surface area (TPSA) is 29.9 Å². The Balaban J connectivity index is 2.73. The quantitative estimate of drug-likeness (QED) is 0.849. The van der Waals surface area contributed by atoms with Crippen LogP contribution in [0.15, 0.2) is 6.07 Å². The van der Waals surface area contributed by atoms with Crippen molar-refractivity contribution in [3.05, 3.63) is 11.8 Å². The average molecular weight is 223 g/mol. The van der Waals surface area contributed by atoms with Crippen LogP contribution in [0.2, 0.25) is 0 Å². The third kappa shape index (κ3) is 3.26. The molecule has 0 aliphatic rings. The molecule has 0 aliphatic carbocycles. The van der Waals surface area contributed by atoms with Crippen LogP contribution >= 0.6 is 0 Å². The highest BCUT2D eigenvalue weighted by molar-refractivity contribution is 5.38. The molecule has 0 saturated heterocycles. The smallest absolute Gasteiger partial charge is 0.124 e. The molecule has 1 atom stereocenters. The predicted molar refractivity (Wildman–Crippen MR) is 69.7 cm³/mol. The summed E-state index contributed by atoms with van der Waals surface area (Å²) in [4.78, 5) is 0. The lowest BCUT2D eigenvalue weighted by molar-refractivity contribution is 0.358. The number of nitrogens with one attached hydrogen (secondary N) is 1. The Labute approximate surface area is 99.2 Å². The Bertz CT molecular complexity index is 333. The van der Waals surface area contributed by atoms with Gasteiger partial charge >= 0.3 is 0 Å². The fourth-order valence-corrected chi connectivity index (χ4v) is 1.48. The molecule has 1 N–H and O–H groups in total. The van der Waals surface area contributed by atoms with Crippen molar-refractivity contribution in [2.75, 3.05) is 5.32 Å². The summed E-state index contributed by atoms with van der Waals surface area (Å²) in [7, 11) is 2.00. The van der Waals surface area contributed by atoms with E-state index in [9.17, 15) is 0 Å². The fourth-order valence-electron chi connectivity index (χ4n) is 1.48. The predicted octanol–water partition coefficient (Wildman–Crippen LogP) is 3.22. The molecule has 3 nitrogen and oxygen atoms in total. The van der Waals surface area contributed by atoms with Gasteiger partial charge in [-0.25, -0.2) is 0 Å². The molecule has 1 aromatic rings. The highest BCUT2D eigenvalue weighted by atomic mass is 15.3. The number of hydrogen-bond acceptors (Lipinski definition) is 2. The summed E-state index contributed by atoms with van der Waals surface area (Å²) < 4.78 is 1.94. The Morgan fingerprint density at radius 3 is 2.56 bits per heavy atom. The van der Waals surface area contributed by atoms with E-state index in [1.54, 1.807) is 0 Å². The van der Waals surface area contributed by atoms with Crippen LogP contribution in [-0.2, 0) is 13.5 Å². The van der Waals surface area contributed by atoms with Gasteiger partial charge in [-0.05, 0) is 18.8 Å². The van der Waals surface area contributed by atoms with Gasteiger partial charge in [-0.3, -0.25) is 4.68 Å². The van der Waals surface area contributed by atoms with Gasteiger partial charge in [0.25, 0.3) is 0 Å². The van der Waals surface area contributed by atoms with E-state index >= 15 is 0 Å². The summed E-state index contributed by atoms with van der Waals surface area (Å²) in [6.07, 6.45) is 2.20. The molecule has 1 unspecified atom stereocenters. The molecular weight excluding hydrogens is 198 g/mol. The van der Waals surface area contributed by atoms with Gasteiger partial charge < -0.3 is 5.32 Å². The summed E-state index contributed by atoms with van der Waals surface area (Å²) in [5.74, 6) is 1.12. The molecule has 0 fully saturated rings. The molecule has 0 saturated carbocycles. The molecule has 3 heteroatoms. The van der Waals surface area contributed by atoms with Crippen LogP contribution in [0.25, 0.3) is 0 Å². The first-order chi connectivity index (χ1) is 7.34. The van der Waals surface area contributed by atoms with Crippen molar-refractivity contribution in [2.24, 2.45) is 12.5 Å². The maximum Gasteiger partial charge on any atom is 0.124 e. The van der Waals surface area contributed by atoms with Crippen molar-refractivity contribution in [1.82, 2.24) is 9.78 Å². The molecule has 92 valence electrons. The van der Waals surface area contributed by atoms with Crippen molar-refractivity contribution in [2.45, 2.75) is 53.5 Å². The number of aryl methyl sites for hydroxylation is 2. The lowest BCUT2D eigenvalue weighted by Gasteiger charge is -2.28. The van der Waals surface area contributed by atoms with Crippen molar-refractivity contribution in [3.63, 3.8) is 0 Å². The number of anilines is 1. The van der Waals surface area contributed by atoms with Crippen LogP contribution in [0.1, 0.15) is 46.7 Å². The van der Waals surface area contributed by atoms with Crippen LogP contribution in [0, 0.1) is 5.41 Å². The molecule has 1 heterocycles. The van der Waals surface area contributed by atoms with Crippen molar-refractivity contribution < 1.29 is 0 Å². The minimum atomic E-state index is 0.259. The van der Waals surface area contributed by atoms with Crippen LogP contribution in [0.5, 0.6) is 0 Å². The lowest BCUT2D eigenvalue weighted by Crippen LogP contribution is -2.31. The summed E-state index contributed by atoms with van der Waals surface area (Å²) in [5.41, 5.74) is 1.43. The molecule has 0 aromatic carbocycles. The van der Waals surface area contributed by atoms with Crippen molar-refractivity contribution in [3.8, 4) is 0 Å². The first-order valence-electron chi connectivity index (χ1n) is 6.14. The van der Waals surface area contributed by atoms with Crippen molar-refractivity contribution in [1.29, 1.82) is 0 Å². The molecule has 1 aromatic heterocycles. The Morgan fingerprint density at radius 1 is 1.44 bits per heavy atom. The molecule has 0 spiro atoms. The van der Waals surface area contributed by atoms with E-state index in [2.05, 4.69) is 51.1 Å². The van der Waals surface area contributed by atoms with E-state index in [-0.39, 0.29) is 5.41 Å². The van der Waals surface area contributed by atoms with Crippen LogP contribution in [0.3, 0.4) is 0 Å². The number of aromatic nitrogens is 2.